The molecule has 0 fully saturated rings. The number of carbonyl (C=O) groups is 2. The Morgan fingerprint density at radius 3 is 2.18 bits per heavy atom. The number of hydrogen-bond acceptors (Lipinski definition) is 9. The molecule has 0 aliphatic carbocycles. The van der Waals surface area contributed by atoms with Crippen LogP contribution in [0.3, 0.4) is 0 Å². The van der Waals surface area contributed by atoms with Crippen molar-refractivity contribution in [1.82, 2.24) is 9.44 Å². The van der Waals surface area contributed by atoms with Crippen LogP contribution in [-0.4, -0.2) is 54.8 Å². The second-order valence-corrected chi connectivity index (χ2v) is 9.57. The van der Waals surface area contributed by atoms with E-state index in [0.29, 0.717) is 0 Å². The van der Waals surface area contributed by atoms with Crippen LogP contribution in [0, 0.1) is 23.3 Å². The molecular weight excluding hydrogens is 520 g/mol. The molecule has 17 heteroatoms. The second kappa shape index (κ2) is 12.9. The SMILES string of the molecule is C=C(C)C(=O)OCCNC(=O)OCCCSc1c(F)c(F)c(S(=O)(=O)NS(=O)[O-])c(F)c1F. The lowest BCUT2D eigenvalue weighted by atomic mass is 10.3. The van der Waals surface area contributed by atoms with E-state index in [4.69, 9.17) is 9.47 Å². The minimum Gasteiger partial charge on any atom is -0.759 e. The molecule has 2 N–H and O–H groups in total. The molecule has 186 valence electrons. The Kier molecular flexibility index (Phi) is 11.2. The zero-order chi connectivity index (χ0) is 25.3. The van der Waals surface area contributed by atoms with Gasteiger partial charge in [-0.05, 0) is 13.3 Å². The fourth-order valence-corrected chi connectivity index (χ4v) is 4.55. The predicted octanol–water partition coefficient (Wildman–Crippen LogP) is 1.64. The lowest BCUT2D eigenvalue weighted by Crippen LogP contribution is -2.29. The third-order valence-electron chi connectivity index (χ3n) is 3.35. The van der Waals surface area contributed by atoms with Crippen LogP contribution in [-0.2, 0) is 35.6 Å². The molecule has 0 heterocycles. The standard InChI is InChI=1S/C16H18F4N2O8S3/c1-8(2)15(23)29-6-4-21-16(24)30-5-3-7-31-13-9(17)11(19)14(12(20)10(13)18)33(27,28)22-32(25)26/h22H,1,3-7H2,2H3,(H,21,24)(H,25,26)/p-1. The van der Waals surface area contributed by atoms with Gasteiger partial charge in [0, 0.05) is 22.6 Å². The van der Waals surface area contributed by atoms with Gasteiger partial charge in [0.15, 0.2) is 28.2 Å². The molecule has 0 aromatic heterocycles. The predicted molar refractivity (Wildman–Crippen MR) is 106 cm³/mol. The van der Waals surface area contributed by atoms with Crippen molar-refractivity contribution < 1.29 is 53.8 Å². The molecule has 1 aromatic carbocycles. The van der Waals surface area contributed by atoms with Gasteiger partial charge in [-0.2, -0.15) is 0 Å². The number of halogens is 4. The van der Waals surface area contributed by atoms with E-state index in [2.05, 4.69) is 11.9 Å². The summed E-state index contributed by atoms with van der Waals surface area (Å²) in [5, 5.41) is 2.25. The van der Waals surface area contributed by atoms with E-state index in [0.717, 1.165) is 4.13 Å². The fourth-order valence-electron chi connectivity index (χ4n) is 1.95. The molecule has 0 bridgehead atoms. The van der Waals surface area contributed by atoms with Crippen LogP contribution in [0.1, 0.15) is 13.3 Å². The molecule has 1 unspecified atom stereocenters. The number of amides is 1. The number of ether oxygens (including phenoxy) is 2. The molecule has 1 atom stereocenters. The van der Waals surface area contributed by atoms with Crippen molar-refractivity contribution in [3.8, 4) is 0 Å². The number of nitrogens with one attached hydrogen (secondary N) is 2. The number of alkyl carbamates (subject to hydrolysis) is 1. The minimum atomic E-state index is -5.44. The van der Waals surface area contributed by atoms with Crippen LogP contribution in [0.4, 0.5) is 22.4 Å². The maximum atomic E-state index is 14.1. The van der Waals surface area contributed by atoms with Crippen LogP contribution in [0.15, 0.2) is 21.9 Å². The Labute approximate surface area is 192 Å². The van der Waals surface area contributed by atoms with Crippen molar-refractivity contribution in [2.24, 2.45) is 0 Å². The van der Waals surface area contributed by atoms with Gasteiger partial charge in [0.2, 0.25) is 0 Å². The van der Waals surface area contributed by atoms with Crippen LogP contribution < -0.4 is 9.44 Å². The van der Waals surface area contributed by atoms with Gasteiger partial charge in [0.05, 0.1) is 18.0 Å². The van der Waals surface area contributed by atoms with Crippen LogP contribution in [0.2, 0.25) is 0 Å². The van der Waals surface area contributed by atoms with Crippen molar-refractivity contribution in [2.75, 3.05) is 25.5 Å². The van der Waals surface area contributed by atoms with Gasteiger partial charge in [-0.25, -0.2) is 35.6 Å². The number of thioether (sulfide) groups is 1. The van der Waals surface area contributed by atoms with Gasteiger partial charge in [0.1, 0.15) is 6.61 Å². The number of hydrogen-bond donors (Lipinski definition) is 2. The van der Waals surface area contributed by atoms with Crippen molar-refractivity contribution in [3.63, 3.8) is 0 Å². The molecular formula is C16H17F4N2O8S3-. The summed E-state index contributed by atoms with van der Waals surface area (Å²) in [6.45, 7) is 4.34. The van der Waals surface area contributed by atoms with Crippen LogP contribution in [0.25, 0.3) is 0 Å². The molecule has 10 nitrogen and oxygen atoms in total. The molecule has 0 aliphatic heterocycles. The Morgan fingerprint density at radius 1 is 1.09 bits per heavy atom. The highest BCUT2D eigenvalue weighted by atomic mass is 32.3. The van der Waals surface area contributed by atoms with Gasteiger partial charge >= 0.3 is 12.1 Å². The number of sulfonamides is 1. The summed E-state index contributed by atoms with van der Waals surface area (Å²) in [5.41, 5.74) is 0.175. The van der Waals surface area contributed by atoms with Crippen molar-refractivity contribution in [2.45, 2.75) is 23.1 Å². The first-order chi connectivity index (χ1) is 15.3. The smallest absolute Gasteiger partial charge is 0.407 e. The topological polar surface area (TPSA) is 151 Å². The fraction of sp³-hybridized carbons (Fsp3) is 0.375. The number of esters is 1. The first-order valence-corrected chi connectivity index (χ1v) is 12.2. The van der Waals surface area contributed by atoms with E-state index in [1.54, 1.807) is 0 Å². The summed E-state index contributed by atoms with van der Waals surface area (Å²) in [6, 6.07) is 0. The average Bonchev–Trinajstić information content (AvgIpc) is 2.70. The Bertz CT molecular complexity index is 1020. The first kappa shape index (κ1) is 28.8. The summed E-state index contributed by atoms with van der Waals surface area (Å²) in [4.78, 5) is 19.2. The molecule has 0 saturated carbocycles. The lowest BCUT2D eigenvalue weighted by molar-refractivity contribution is -0.138. The van der Waals surface area contributed by atoms with Crippen LogP contribution in [0.5, 0.6) is 0 Å². The number of carbonyl (C=O) groups excluding carboxylic acids is 2. The molecule has 0 saturated heterocycles. The summed E-state index contributed by atoms with van der Waals surface area (Å²) in [6.07, 6.45) is -0.916. The summed E-state index contributed by atoms with van der Waals surface area (Å²) < 4.78 is 111. The Hall–Kier alpha value is -2.21. The molecule has 0 spiro atoms. The highest BCUT2D eigenvalue weighted by Crippen LogP contribution is 2.33. The Morgan fingerprint density at radius 2 is 1.67 bits per heavy atom. The second-order valence-electron chi connectivity index (χ2n) is 5.92. The molecule has 1 amide bonds. The maximum Gasteiger partial charge on any atom is 0.407 e. The summed E-state index contributed by atoms with van der Waals surface area (Å²) in [7, 11) is -5.44. The van der Waals surface area contributed by atoms with Gasteiger partial charge < -0.3 is 19.3 Å². The van der Waals surface area contributed by atoms with Crippen molar-refractivity contribution in [1.29, 1.82) is 0 Å². The van der Waals surface area contributed by atoms with Gasteiger partial charge in [-0.3, -0.25) is 4.21 Å². The van der Waals surface area contributed by atoms with Gasteiger partial charge in [-0.15, -0.1) is 15.9 Å². The number of rotatable bonds is 12. The number of benzene rings is 1. The van der Waals surface area contributed by atoms with Crippen molar-refractivity contribution >= 4 is 45.1 Å². The van der Waals surface area contributed by atoms with E-state index in [9.17, 15) is 44.3 Å². The Balaban J connectivity index is 2.61. The van der Waals surface area contributed by atoms with E-state index >= 15 is 0 Å². The monoisotopic (exact) mass is 537 g/mol. The van der Waals surface area contributed by atoms with E-state index in [1.807, 2.05) is 0 Å². The van der Waals surface area contributed by atoms with E-state index < -0.39 is 66.4 Å². The van der Waals surface area contributed by atoms with Crippen LogP contribution >= 0.6 is 11.8 Å². The molecule has 0 aliphatic rings. The third kappa shape index (κ3) is 8.58. The quantitative estimate of drug-likeness (QED) is 0.0771. The van der Waals surface area contributed by atoms with Gasteiger partial charge in [0.25, 0.3) is 10.0 Å². The van der Waals surface area contributed by atoms with E-state index in [1.165, 1.54) is 6.92 Å². The molecule has 1 rings (SSSR count). The lowest BCUT2D eigenvalue weighted by Gasteiger charge is -2.13. The average molecular weight is 538 g/mol. The van der Waals surface area contributed by atoms with E-state index in [-0.39, 0.29) is 49.3 Å². The molecule has 1 aromatic rings. The molecule has 0 radical (unpaired) electrons. The maximum absolute atomic E-state index is 14.1. The zero-order valence-electron chi connectivity index (χ0n) is 16.7. The highest BCUT2D eigenvalue weighted by Gasteiger charge is 2.33. The minimum absolute atomic E-state index is 0.0262. The van der Waals surface area contributed by atoms with Gasteiger partial charge in [-0.1, -0.05) is 6.58 Å². The molecule has 33 heavy (non-hydrogen) atoms. The summed E-state index contributed by atoms with van der Waals surface area (Å²) >= 11 is -3.26. The zero-order valence-corrected chi connectivity index (χ0v) is 19.2. The van der Waals surface area contributed by atoms with Crippen molar-refractivity contribution in [3.05, 3.63) is 35.4 Å². The first-order valence-electron chi connectivity index (χ1n) is 8.63. The largest absolute Gasteiger partial charge is 0.759 e. The highest BCUT2D eigenvalue weighted by molar-refractivity contribution is 8.00. The normalized spacial score (nSPS) is 12.2. The third-order valence-corrected chi connectivity index (χ3v) is 6.81. The summed E-state index contributed by atoms with van der Waals surface area (Å²) in [5.74, 6) is -9.55.